The van der Waals surface area contributed by atoms with Gasteiger partial charge in [0.2, 0.25) is 0 Å². The van der Waals surface area contributed by atoms with Gasteiger partial charge in [-0.05, 0) is 56.4 Å². The Morgan fingerprint density at radius 1 is 0.971 bits per heavy atom. The van der Waals surface area contributed by atoms with Crippen LogP contribution in [0.3, 0.4) is 0 Å². The highest BCUT2D eigenvalue weighted by Crippen LogP contribution is 2.44. The van der Waals surface area contributed by atoms with Crippen LogP contribution in [0.2, 0.25) is 0 Å². The van der Waals surface area contributed by atoms with Gasteiger partial charge in [-0.15, -0.1) is 0 Å². The van der Waals surface area contributed by atoms with Gasteiger partial charge >= 0.3 is 12.1 Å². The van der Waals surface area contributed by atoms with Crippen LogP contribution in [0.4, 0.5) is 10.5 Å². The molecule has 0 heterocycles. The van der Waals surface area contributed by atoms with Crippen molar-refractivity contribution >= 4 is 39.6 Å². The third-order valence-electron chi connectivity index (χ3n) is 5.72. The lowest BCUT2D eigenvalue weighted by Crippen LogP contribution is -2.33. The van der Waals surface area contributed by atoms with E-state index < -0.39 is 30.5 Å². The molecule has 1 aliphatic carbocycles. The molecule has 9 heteroatoms. The van der Waals surface area contributed by atoms with Crippen molar-refractivity contribution in [1.29, 1.82) is 0 Å². The summed E-state index contributed by atoms with van der Waals surface area (Å²) in [5.41, 5.74) is 5.22. The number of carbonyl (C=O) groups is 3. The number of ether oxygens (including phenoxy) is 1. The average molecular weight is 539 g/mol. The van der Waals surface area contributed by atoms with Gasteiger partial charge in [0.1, 0.15) is 6.61 Å². The highest BCUT2D eigenvalue weighted by Gasteiger charge is 2.29. The molecule has 0 fully saturated rings. The number of anilines is 1. The Kier molecular flexibility index (Phi) is 7.48. The zero-order chi connectivity index (χ0) is 24.9. The Bertz CT molecular complexity index is 1230. The van der Waals surface area contributed by atoms with Gasteiger partial charge < -0.3 is 20.3 Å². The molecule has 0 radical (unpaired) electrons. The van der Waals surface area contributed by atoms with E-state index in [9.17, 15) is 19.5 Å². The second-order valence-corrected chi connectivity index (χ2v) is 8.96. The number of hydrogen-bond acceptors (Lipinski definition) is 5. The highest BCUT2D eigenvalue weighted by atomic mass is 79.9. The highest BCUT2D eigenvalue weighted by molar-refractivity contribution is 9.10. The van der Waals surface area contributed by atoms with Crippen molar-refractivity contribution in [2.45, 2.75) is 18.4 Å². The summed E-state index contributed by atoms with van der Waals surface area (Å²) in [5, 5.41) is 23.4. The first kappa shape index (κ1) is 24.4. The van der Waals surface area contributed by atoms with E-state index in [-0.39, 0.29) is 24.6 Å². The number of aliphatic hydroxyl groups excluding tert-OH is 1. The molecule has 1 unspecified atom stereocenters. The van der Waals surface area contributed by atoms with E-state index in [1.807, 2.05) is 36.4 Å². The van der Waals surface area contributed by atoms with Gasteiger partial charge in [-0.1, -0.05) is 48.5 Å². The maximum absolute atomic E-state index is 12.5. The molecular formula is C26H23BrN2O6. The Balaban J connectivity index is 1.35. The number of halogens is 1. The minimum atomic E-state index is -1.19. The number of carboxylic acid groups (broad SMARTS) is 1. The second-order valence-electron chi connectivity index (χ2n) is 8.11. The Labute approximate surface area is 210 Å². The van der Waals surface area contributed by atoms with E-state index in [2.05, 4.69) is 38.7 Å². The largest absolute Gasteiger partial charge is 0.481 e. The van der Waals surface area contributed by atoms with Crippen LogP contribution >= 0.6 is 15.9 Å². The molecule has 4 rings (SSSR count). The summed E-state index contributed by atoms with van der Waals surface area (Å²) in [5.74, 6) is -1.69. The number of aliphatic carboxylic acids is 1. The number of nitrogens with one attached hydrogen (secondary N) is 2. The molecule has 2 amide bonds. The first-order chi connectivity index (χ1) is 16.8. The van der Waals surface area contributed by atoms with Gasteiger partial charge in [-0.3, -0.25) is 14.9 Å². The van der Waals surface area contributed by atoms with Gasteiger partial charge in [-0.25, -0.2) is 4.79 Å². The summed E-state index contributed by atoms with van der Waals surface area (Å²) in [4.78, 5) is 35.4. The Hall–Kier alpha value is -3.69. The number of hydrogen-bond donors (Lipinski definition) is 4. The summed E-state index contributed by atoms with van der Waals surface area (Å²) in [6.07, 6.45) is -2.27. The molecule has 0 saturated heterocycles. The predicted octanol–water partition coefficient (Wildman–Crippen LogP) is 4.38. The summed E-state index contributed by atoms with van der Waals surface area (Å²) in [6.45, 7) is -0.0147. The molecule has 0 bridgehead atoms. The predicted molar refractivity (Wildman–Crippen MR) is 133 cm³/mol. The van der Waals surface area contributed by atoms with E-state index >= 15 is 0 Å². The van der Waals surface area contributed by atoms with E-state index in [1.165, 1.54) is 12.1 Å². The van der Waals surface area contributed by atoms with Crippen molar-refractivity contribution in [2.24, 2.45) is 0 Å². The molecule has 0 aromatic heterocycles. The van der Waals surface area contributed by atoms with Crippen molar-refractivity contribution in [2.75, 3.05) is 18.5 Å². The van der Waals surface area contributed by atoms with Crippen molar-refractivity contribution in [3.63, 3.8) is 0 Å². The van der Waals surface area contributed by atoms with Crippen LogP contribution in [0.25, 0.3) is 11.1 Å². The van der Waals surface area contributed by atoms with Crippen molar-refractivity contribution in [1.82, 2.24) is 5.32 Å². The fraction of sp³-hybridized carbons (Fsp3) is 0.192. The number of carbonyl (C=O) groups excluding carboxylic acids is 2. The standard InChI is InChI=1S/C26H23BrN2O6/c27-22-11-15(25(33)28-13-16(30)12-24(31)32)9-10-23(22)29-26(34)35-14-21-19-7-3-1-5-17(19)18-6-2-4-8-20(18)21/h1-11,16,21,30H,12-14H2,(H,28,33)(H,29,34)(H,31,32). The molecule has 4 N–H and O–H groups in total. The van der Waals surface area contributed by atoms with Crippen molar-refractivity contribution < 1.29 is 29.3 Å². The van der Waals surface area contributed by atoms with Gasteiger partial charge in [-0.2, -0.15) is 0 Å². The third-order valence-corrected chi connectivity index (χ3v) is 6.38. The number of rotatable bonds is 8. The van der Waals surface area contributed by atoms with Crippen LogP contribution in [-0.4, -0.2) is 47.4 Å². The molecule has 3 aromatic carbocycles. The van der Waals surface area contributed by atoms with Crippen LogP contribution in [0.15, 0.2) is 71.2 Å². The van der Waals surface area contributed by atoms with Crippen LogP contribution in [0, 0.1) is 0 Å². The molecule has 1 aliphatic rings. The second kappa shape index (κ2) is 10.7. The fourth-order valence-electron chi connectivity index (χ4n) is 4.09. The maximum atomic E-state index is 12.5. The van der Waals surface area contributed by atoms with Gasteiger partial charge in [0.05, 0.1) is 18.2 Å². The average Bonchev–Trinajstić information content (AvgIpc) is 3.16. The normalized spacial score (nSPS) is 12.9. The van der Waals surface area contributed by atoms with E-state index in [4.69, 9.17) is 9.84 Å². The number of fused-ring (bicyclic) bond motifs is 3. The van der Waals surface area contributed by atoms with Gasteiger partial charge in [0.15, 0.2) is 0 Å². The maximum Gasteiger partial charge on any atom is 0.411 e. The zero-order valence-corrected chi connectivity index (χ0v) is 20.1. The SMILES string of the molecule is O=C(O)CC(O)CNC(=O)c1ccc(NC(=O)OCC2c3ccccc3-c3ccccc32)c(Br)c1. The number of aliphatic hydroxyl groups is 1. The van der Waals surface area contributed by atoms with Gasteiger partial charge in [0, 0.05) is 22.5 Å². The minimum absolute atomic E-state index is 0.0564. The van der Waals surface area contributed by atoms with Crippen LogP contribution in [-0.2, 0) is 9.53 Å². The molecule has 35 heavy (non-hydrogen) atoms. The lowest BCUT2D eigenvalue weighted by molar-refractivity contribution is -0.139. The number of benzene rings is 3. The number of amides is 2. The molecule has 8 nitrogen and oxygen atoms in total. The Morgan fingerprint density at radius 3 is 2.20 bits per heavy atom. The topological polar surface area (TPSA) is 125 Å². The van der Waals surface area contributed by atoms with Crippen molar-refractivity contribution in [3.05, 3.63) is 87.9 Å². The molecule has 180 valence electrons. The first-order valence-electron chi connectivity index (χ1n) is 10.9. The number of carboxylic acids is 1. The molecule has 3 aromatic rings. The smallest absolute Gasteiger partial charge is 0.411 e. The quantitative estimate of drug-likeness (QED) is 0.337. The molecule has 0 aliphatic heterocycles. The van der Waals surface area contributed by atoms with Crippen LogP contribution in [0.5, 0.6) is 0 Å². The van der Waals surface area contributed by atoms with Crippen molar-refractivity contribution in [3.8, 4) is 11.1 Å². The van der Waals surface area contributed by atoms with E-state index in [1.54, 1.807) is 6.07 Å². The lowest BCUT2D eigenvalue weighted by atomic mass is 9.98. The summed E-state index contributed by atoms with van der Waals surface area (Å²) < 4.78 is 6.01. The van der Waals surface area contributed by atoms with E-state index in [0.29, 0.717) is 10.2 Å². The van der Waals surface area contributed by atoms with Crippen LogP contribution < -0.4 is 10.6 Å². The summed E-state index contributed by atoms with van der Waals surface area (Å²) >= 11 is 3.34. The van der Waals surface area contributed by atoms with E-state index in [0.717, 1.165) is 22.3 Å². The zero-order valence-electron chi connectivity index (χ0n) is 18.5. The lowest BCUT2D eigenvalue weighted by Gasteiger charge is -2.15. The molecule has 0 spiro atoms. The first-order valence-corrected chi connectivity index (χ1v) is 11.7. The van der Waals surface area contributed by atoms with Gasteiger partial charge in [0.25, 0.3) is 5.91 Å². The van der Waals surface area contributed by atoms with Crippen LogP contribution in [0.1, 0.15) is 33.8 Å². The Morgan fingerprint density at radius 2 is 1.60 bits per heavy atom. The molecule has 0 saturated carbocycles. The summed E-state index contributed by atoms with van der Waals surface area (Å²) in [7, 11) is 0. The fourth-order valence-corrected chi connectivity index (χ4v) is 4.57. The molecule has 1 atom stereocenters. The summed E-state index contributed by atoms with van der Waals surface area (Å²) in [6, 6.07) is 20.7. The monoisotopic (exact) mass is 538 g/mol. The minimum Gasteiger partial charge on any atom is -0.481 e. The molecular weight excluding hydrogens is 516 g/mol. The third kappa shape index (κ3) is 5.70.